The molecule has 3 amide bonds. The summed E-state index contributed by atoms with van der Waals surface area (Å²) in [6.07, 6.45) is 5.51. The number of urea groups is 1. The number of aromatic amines is 1. The van der Waals surface area contributed by atoms with Crippen LogP contribution in [0.25, 0.3) is 0 Å². The molecule has 0 radical (unpaired) electrons. The van der Waals surface area contributed by atoms with E-state index < -0.39 is 0 Å². The van der Waals surface area contributed by atoms with Gasteiger partial charge in [0.15, 0.2) is 0 Å². The van der Waals surface area contributed by atoms with E-state index in [2.05, 4.69) is 20.6 Å². The summed E-state index contributed by atoms with van der Waals surface area (Å²) in [7, 11) is 0. The van der Waals surface area contributed by atoms with E-state index in [0.29, 0.717) is 25.1 Å². The molecule has 2 heterocycles. The fourth-order valence-corrected chi connectivity index (χ4v) is 2.79. The van der Waals surface area contributed by atoms with Gasteiger partial charge in [0.25, 0.3) is 0 Å². The number of carbonyl (C=O) groups is 2. The summed E-state index contributed by atoms with van der Waals surface area (Å²) in [4.78, 5) is 32.6. The Morgan fingerprint density at radius 1 is 1.42 bits per heavy atom. The highest BCUT2D eigenvalue weighted by Gasteiger charge is 2.23. The summed E-state index contributed by atoms with van der Waals surface area (Å²) in [5, 5.41) is 5.62. The first-order valence-electron chi connectivity index (χ1n) is 8.06. The molecule has 7 heteroatoms. The highest BCUT2D eigenvalue weighted by Crippen LogP contribution is 2.28. The van der Waals surface area contributed by atoms with Crippen molar-refractivity contribution in [3.8, 4) is 0 Å². The van der Waals surface area contributed by atoms with Gasteiger partial charge < -0.3 is 20.5 Å². The fourth-order valence-electron chi connectivity index (χ4n) is 2.79. The molecule has 2 aromatic rings. The zero-order chi connectivity index (χ0) is 16.9. The Labute approximate surface area is 140 Å². The molecule has 7 nitrogen and oxygen atoms in total. The van der Waals surface area contributed by atoms with Gasteiger partial charge in [-0.15, -0.1) is 0 Å². The minimum atomic E-state index is -0.267. The Kier molecular flexibility index (Phi) is 4.79. The molecular weight excluding hydrogens is 306 g/mol. The molecule has 0 saturated carbocycles. The quantitative estimate of drug-likeness (QED) is 0.786. The SMILES string of the molecule is Cc1ccc(NC(=O)NCCc2cnc[nH]2)cc1N1CCCC1=O. The lowest BCUT2D eigenvalue weighted by Gasteiger charge is -2.19. The van der Waals surface area contributed by atoms with E-state index in [0.717, 1.165) is 29.9 Å². The first-order chi connectivity index (χ1) is 11.6. The van der Waals surface area contributed by atoms with Crippen molar-refractivity contribution in [3.05, 3.63) is 42.0 Å². The molecule has 0 atom stereocenters. The van der Waals surface area contributed by atoms with Crippen LogP contribution in [0, 0.1) is 6.92 Å². The summed E-state index contributed by atoms with van der Waals surface area (Å²) < 4.78 is 0. The topological polar surface area (TPSA) is 90.1 Å². The van der Waals surface area contributed by atoms with E-state index in [4.69, 9.17) is 0 Å². The van der Waals surface area contributed by atoms with Crippen molar-refractivity contribution in [2.75, 3.05) is 23.3 Å². The number of anilines is 2. The van der Waals surface area contributed by atoms with Gasteiger partial charge in [-0.05, 0) is 31.0 Å². The van der Waals surface area contributed by atoms with Crippen LogP contribution in [0.1, 0.15) is 24.1 Å². The van der Waals surface area contributed by atoms with Crippen molar-refractivity contribution < 1.29 is 9.59 Å². The Morgan fingerprint density at radius 3 is 3.00 bits per heavy atom. The highest BCUT2D eigenvalue weighted by atomic mass is 16.2. The van der Waals surface area contributed by atoms with Gasteiger partial charge in [-0.2, -0.15) is 0 Å². The van der Waals surface area contributed by atoms with E-state index in [1.54, 1.807) is 17.4 Å². The lowest BCUT2D eigenvalue weighted by atomic mass is 10.1. The zero-order valence-corrected chi connectivity index (χ0v) is 13.6. The number of H-pyrrole nitrogens is 1. The number of nitrogens with one attached hydrogen (secondary N) is 3. The Balaban J connectivity index is 1.58. The summed E-state index contributed by atoms with van der Waals surface area (Å²) in [6, 6.07) is 5.35. The van der Waals surface area contributed by atoms with Crippen molar-refractivity contribution in [2.24, 2.45) is 0 Å². The molecule has 1 aromatic heterocycles. The van der Waals surface area contributed by atoms with Crippen molar-refractivity contribution in [3.63, 3.8) is 0 Å². The number of nitrogens with zero attached hydrogens (tertiary/aromatic N) is 2. The normalized spacial score (nSPS) is 14.0. The van der Waals surface area contributed by atoms with Gasteiger partial charge in [0, 0.05) is 49.2 Å². The van der Waals surface area contributed by atoms with Crippen molar-refractivity contribution in [1.82, 2.24) is 15.3 Å². The van der Waals surface area contributed by atoms with Crippen LogP contribution in [0.3, 0.4) is 0 Å². The summed E-state index contributed by atoms with van der Waals surface area (Å²) in [5.74, 6) is 0.138. The average molecular weight is 327 g/mol. The first kappa shape index (κ1) is 16.0. The second kappa shape index (κ2) is 7.16. The Hall–Kier alpha value is -2.83. The molecule has 0 unspecified atom stereocenters. The van der Waals surface area contributed by atoms with Crippen molar-refractivity contribution in [1.29, 1.82) is 0 Å². The number of carbonyl (C=O) groups excluding carboxylic acids is 2. The van der Waals surface area contributed by atoms with Gasteiger partial charge in [0.2, 0.25) is 5.91 Å². The molecule has 1 saturated heterocycles. The Morgan fingerprint density at radius 2 is 2.29 bits per heavy atom. The standard InChI is InChI=1S/C17H21N5O2/c1-12-4-5-13(9-15(12)22-8-2-3-16(22)23)21-17(24)19-7-6-14-10-18-11-20-14/h4-5,9-11H,2-3,6-8H2,1H3,(H,18,20)(H2,19,21,24). The molecule has 1 aliphatic rings. The van der Waals surface area contributed by atoms with Crippen LogP contribution < -0.4 is 15.5 Å². The van der Waals surface area contributed by atoms with Crippen LogP contribution in [0.2, 0.25) is 0 Å². The zero-order valence-electron chi connectivity index (χ0n) is 13.6. The van der Waals surface area contributed by atoms with Gasteiger partial charge in [-0.3, -0.25) is 4.79 Å². The van der Waals surface area contributed by atoms with Gasteiger partial charge >= 0.3 is 6.03 Å². The summed E-state index contributed by atoms with van der Waals surface area (Å²) in [6.45, 7) is 3.21. The average Bonchev–Trinajstić information content (AvgIpc) is 3.21. The number of aromatic nitrogens is 2. The minimum Gasteiger partial charge on any atom is -0.348 e. The number of rotatable bonds is 5. The molecular formula is C17H21N5O2. The van der Waals surface area contributed by atoms with E-state index >= 15 is 0 Å². The maximum Gasteiger partial charge on any atom is 0.319 e. The fraction of sp³-hybridized carbons (Fsp3) is 0.353. The van der Waals surface area contributed by atoms with Gasteiger partial charge in [0.1, 0.15) is 0 Å². The summed E-state index contributed by atoms with van der Waals surface area (Å²) >= 11 is 0. The molecule has 1 aromatic carbocycles. The highest BCUT2D eigenvalue weighted by molar-refractivity contribution is 5.97. The first-order valence-corrected chi connectivity index (χ1v) is 8.06. The lowest BCUT2D eigenvalue weighted by Crippen LogP contribution is -2.30. The van der Waals surface area contributed by atoms with Crippen LogP contribution in [0.4, 0.5) is 16.2 Å². The van der Waals surface area contributed by atoms with Crippen molar-refractivity contribution in [2.45, 2.75) is 26.2 Å². The van der Waals surface area contributed by atoms with Crippen LogP contribution in [0.15, 0.2) is 30.7 Å². The largest absolute Gasteiger partial charge is 0.348 e. The Bertz CT molecular complexity index is 727. The van der Waals surface area contributed by atoms with E-state index in [1.807, 2.05) is 25.1 Å². The molecule has 3 rings (SSSR count). The number of benzene rings is 1. The maximum atomic E-state index is 12.0. The van der Waals surface area contributed by atoms with Gasteiger partial charge in [-0.25, -0.2) is 9.78 Å². The molecule has 0 spiro atoms. The van der Waals surface area contributed by atoms with E-state index in [1.165, 1.54) is 0 Å². The van der Waals surface area contributed by atoms with Crippen LogP contribution in [-0.4, -0.2) is 35.0 Å². The number of hydrogen-bond donors (Lipinski definition) is 3. The third-order valence-corrected chi connectivity index (χ3v) is 4.07. The minimum absolute atomic E-state index is 0.138. The molecule has 3 N–H and O–H groups in total. The molecule has 0 bridgehead atoms. The van der Waals surface area contributed by atoms with Gasteiger partial charge in [-0.1, -0.05) is 6.07 Å². The second-order valence-electron chi connectivity index (χ2n) is 5.86. The molecule has 126 valence electrons. The maximum absolute atomic E-state index is 12.0. The summed E-state index contributed by atoms with van der Waals surface area (Å²) in [5.41, 5.74) is 3.54. The third kappa shape index (κ3) is 3.73. The monoisotopic (exact) mass is 327 g/mol. The van der Waals surface area contributed by atoms with Crippen LogP contribution >= 0.6 is 0 Å². The molecule has 24 heavy (non-hydrogen) atoms. The van der Waals surface area contributed by atoms with E-state index in [9.17, 15) is 9.59 Å². The van der Waals surface area contributed by atoms with Crippen LogP contribution in [0.5, 0.6) is 0 Å². The second-order valence-corrected chi connectivity index (χ2v) is 5.86. The van der Waals surface area contributed by atoms with Crippen molar-refractivity contribution >= 4 is 23.3 Å². The predicted molar refractivity (Wildman–Crippen MR) is 92.1 cm³/mol. The molecule has 1 aliphatic heterocycles. The molecule has 0 aliphatic carbocycles. The predicted octanol–water partition coefficient (Wildman–Crippen LogP) is 2.21. The number of amides is 3. The van der Waals surface area contributed by atoms with Crippen LogP contribution in [-0.2, 0) is 11.2 Å². The lowest BCUT2D eigenvalue weighted by molar-refractivity contribution is -0.117. The van der Waals surface area contributed by atoms with E-state index in [-0.39, 0.29) is 11.9 Å². The number of aryl methyl sites for hydroxylation is 1. The van der Waals surface area contributed by atoms with Gasteiger partial charge in [0.05, 0.1) is 6.33 Å². The third-order valence-electron chi connectivity index (χ3n) is 4.07. The number of imidazole rings is 1. The smallest absolute Gasteiger partial charge is 0.319 e. The number of hydrogen-bond acceptors (Lipinski definition) is 3. The molecule has 1 fully saturated rings.